The normalized spacial score (nSPS) is 10.9. The molecule has 0 aliphatic rings. The maximum Gasteiger partial charge on any atom is 0.284 e. The van der Waals surface area contributed by atoms with Gasteiger partial charge in [0.25, 0.3) is 5.56 Å². The number of halogens is 2. The van der Waals surface area contributed by atoms with Crippen molar-refractivity contribution in [3.63, 3.8) is 0 Å². The summed E-state index contributed by atoms with van der Waals surface area (Å²) in [5, 5.41) is 10.5. The Labute approximate surface area is 165 Å². The van der Waals surface area contributed by atoms with Crippen LogP contribution in [0.3, 0.4) is 0 Å². The number of fused-ring (bicyclic) bond motifs is 1. The number of aromatic nitrogens is 5. The molecule has 0 spiro atoms. The first kappa shape index (κ1) is 18.0. The number of hydrogen-bond acceptors (Lipinski definition) is 5. The van der Waals surface area contributed by atoms with Gasteiger partial charge in [0.15, 0.2) is 11.2 Å². The first-order chi connectivity index (χ1) is 13.5. The van der Waals surface area contributed by atoms with E-state index in [9.17, 15) is 14.0 Å². The van der Waals surface area contributed by atoms with Gasteiger partial charge in [0, 0.05) is 10.2 Å². The standard InChI is InChI=1S/C18H12BrFN6O2/c19-11-1-5-13(6-2-11)22-15(27)9-25-10-21-17-16(18(25)28)23-24-26(17)14-7-3-12(20)4-8-14/h1-8,10H,9H2,(H,22,27). The zero-order valence-electron chi connectivity index (χ0n) is 14.2. The highest BCUT2D eigenvalue weighted by molar-refractivity contribution is 9.10. The van der Waals surface area contributed by atoms with E-state index in [2.05, 4.69) is 36.5 Å². The number of anilines is 1. The maximum atomic E-state index is 13.1. The molecule has 4 rings (SSSR count). The summed E-state index contributed by atoms with van der Waals surface area (Å²) in [5.41, 5.74) is 0.868. The highest BCUT2D eigenvalue weighted by Gasteiger charge is 2.15. The summed E-state index contributed by atoms with van der Waals surface area (Å²) in [4.78, 5) is 29.0. The highest BCUT2D eigenvalue weighted by Crippen LogP contribution is 2.14. The lowest BCUT2D eigenvalue weighted by atomic mass is 10.3. The quantitative estimate of drug-likeness (QED) is 0.523. The van der Waals surface area contributed by atoms with Crippen molar-refractivity contribution in [3.05, 3.63) is 75.5 Å². The number of carbonyl (C=O) groups excluding carboxylic acids is 1. The summed E-state index contributed by atoms with van der Waals surface area (Å²) in [6.07, 6.45) is 1.26. The zero-order chi connectivity index (χ0) is 19.7. The summed E-state index contributed by atoms with van der Waals surface area (Å²) >= 11 is 3.32. The predicted molar refractivity (Wildman–Crippen MR) is 104 cm³/mol. The van der Waals surface area contributed by atoms with Gasteiger partial charge in [-0.05, 0) is 48.5 Å². The molecular formula is C18H12BrFN6O2. The number of amides is 1. The molecule has 4 aromatic rings. The van der Waals surface area contributed by atoms with Gasteiger partial charge < -0.3 is 5.32 Å². The van der Waals surface area contributed by atoms with E-state index in [0.29, 0.717) is 11.4 Å². The molecule has 28 heavy (non-hydrogen) atoms. The summed E-state index contributed by atoms with van der Waals surface area (Å²) in [6, 6.07) is 12.6. The lowest BCUT2D eigenvalue weighted by molar-refractivity contribution is -0.116. The summed E-state index contributed by atoms with van der Waals surface area (Å²) < 4.78 is 16.5. The van der Waals surface area contributed by atoms with Crippen LogP contribution in [-0.4, -0.2) is 30.5 Å². The molecule has 0 aliphatic heterocycles. The van der Waals surface area contributed by atoms with Gasteiger partial charge in [-0.25, -0.2) is 9.37 Å². The minimum atomic E-state index is -0.496. The second-order valence-electron chi connectivity index (χ2n) is 5.88. The summed E-state index contributed by atoms with van der Waals surface area (Å²) in [7, 11) is 0. The zero-order valence-corrected chi connectivity index (χ0v) is 15.8. The van der Waals surface area contributed by atoms with Gasteiger partial charge in [-0.15, -0.1) is 5.10 Å². The van der Waals surface area contributed by atoms with Gasteiger partial charge in [-0.3, -0.25) is 14.2 Å². The second kappa shape index (κ2) is 7.31. The van der Waals surface area contributed by atoms with Crippen LogP contribution in [0.4, 0.5) is 10.1 Å². The molecule has 10 heteroatoms. The molecule has 0 aliphatic carbocycles. The van der Waals surface area contributed by atoms with E-state index in [4.69, 9.17) is 0 Å². The van der Waals surface area contributed by atoms with E-state index < -0.39 is 5.56 Å². The first-order valence-electron chi connectivity index (χ1n) is 8.13. The average Bonchev–Trinajstić information content (AvgIpc) is 3.11. The first-order valence-corrected chi connectivity index (χ1v) is 8.93. The second-order valence-corrected chi connectivity index (χ2v) is 6.80. The Morgan fingerprint density at radius 1 is 1.11 bits per heavy atom. The Morgan fingerprint density at radius 2 is 1.82 bits per heavy atom. The molecule has 0 saturated carbocycles. The van der Waals surface area contributed by atoms with Crippen LogP contribution in [0.2, 0.25) is 0 Å². The maximum absolute atomic E-state index is 13.1. The molecule has 8 nitrogen and oxygen atoms in total. The van der Waals surface area contributed by atoms with Crippen LogP contribution < -0.4 is 10.9 Å². The fraction of sp³-hybridized carbons (Fsp3) is 0.0556. The van der Waals surface area contributed by atoms with Crippen LogP contribution in [0, 0.1) is 5.82 Å². The smallest absolute Gasteiger partial charge is 0.284 e. The van der Waals surface area contributed by atoms with Gasteiger partial charge >= 0.3 is 0 Å². The molecule has 0 radical (unpaired) electrons. The van der Waals surface area contributed by atoms with E-state index >= 15 is 0 Å². The Bertz CT molecular complexity index is 1220. The molecule has 2 aromatic heterocycles. The van der Waals surface area contributed by atoms with Crippen molar-refractivity contribution in [2.75, 3.05) is 5.32 Å². The highest BCUT2D eigenvalue weighted by atomic mass is 79.9. The van der Waals surface area contributed by atoms with Gasteiger partial charge in [-0.1, -0.05) is 21.1 Å². The average molecular weight is 443 g/mol. The minimum absolute atomic E-state index is 0.0169. The number of nitrogens with one attached hydrogen (secondary N) is 1. The predicted octanol–water partition coefficient (Wildman–Crippen LogP) is 2.52. The van der Waals surface area contributed by atoms with Crippen molar-refractivity contribution in [2.24, 2.45) is 0 Å². The SMILES string of the molecule is O=C(Cn1cnc2c(nnn2-c2ccc(F)cc2)c1=O)Nc1ccc(Br)cc1. The van der Waals surface area contributed by atoms with Gasteiger partial charge in [0.2, 0.25) is 5.91 Å². The van der Waals surface area contributed by atoms with Crippen molar-refractivity contribution >= 4 is 38.7 Å². The number of rotatable bonds is 4. The van der Waals surface area contributed by atoms with E-state index in [0.717, 1.165) is 9.04 Å². The molecule has 0 unspecified atom stereocenters. The molecule has 0 bridgehead atoms. The largest absolute Gasteiger partial charge is 0.325 e. The third-order valence-electron chi connectivity index (χ3n) is 3.94. The van der Waals surface area contributed by atoms with Gasteiger partial charge in [0.1, 0.15) is 18.7 Å². The lowest BCUT2D eigenvalue weighted by Gasteiger charge is -2.07. The Hall–Kier alpha value is -3.40. The van der Waals surface area contributed by atoms with Crippen molar-refractivity contribution in [1.82, 2.24) is 24.5 Å². The topological polar surface area (TPSA) is 94.7 Å². The van der Waals surface area contributed by atoms with Crippen LogP contribution in [0.15, 0.2) is 64.1 Å². The minimum Gasteiger partial charge on any atom is -0.325 e. The van der Waals surface area contributed by atoms with E-state index in [-0.39, 0.29) is 29.4 Å². The number of carbonyl (C=O) groups is 1. The van der Waals surface area contributed by atoms with E-state index in [1.54, 1.807) is 24.3 Å². The van der Waals surface area contributed by atoms with E-state index in [1.807, 2.05) is 0 Å². The van der Waals surface area contributed by atoms with Crippen LogP contribution in [0.5, 0.6) is 0 Å². The van der Waals surface area contributed by atoms with Gasteiger partial charge in [0.05, 0.1) is 5.69 Å². The Morgan fingerprint density at radius 3 is 2.54 bits per heavy atom. The van der Waals surface area contributed by atoms with E-state index in [1.165, 1.54) is 35.3 Å². The summed E-state index contributed by atoms with van der Waals surface area (Å²) in [6.45, 7) is -0.221. The molecule has 0 atom stereocenters. The monoisotopic (exact) mass is 442 g/mol. The molecular weight excluding hydrogens is 431 g/mol. The van der Waals surface area contributed by atoms with Crippen molar-refractivity contribution in [1.29, 1.82) is 0 Å². The molecule has 1 N–H and O–H groups in total. The Balaban J connectivity index is 1.60. The van der Waals surface area contributed by atoms with Gasteiger partial charge in [-0.2, -0.15) is 4.68 Å². The van der Waals surface area contributed by atoms with Crippen molar-refractivity contribution in [2.45, 2.75) is 6.54 Å². The third kappa shape index (κ3) is 3.54. The summed E-state index contributed by atoms with van der Waals surface area (Å²) in [5.74, 6) is -0.767. The molecule has 140 valence electrons. The van der Waals surface area contributed by atoms with Crippen molar-refractivity contribution < 1.29 is 9.18 Å². The van der Waals surface area contributed by atoms with Crippen LogP contribution >= 0.6 is 15.9 Å². The lowest BCUT2D eigenvalue weighted by Crippen LogP contribution is -2.28. The van der Waals surface area contributed by atoms with Crippen LogP contribution in [0.25, 0.3) is 16.9 Å². The number of hydrogen-bond donors (Lipinski definition) is 1. The molecule has 2 aromatic carbocycles. The van der Waals surface area contributed by atoms with Crippen LogP contribution in [-0.2, 0) is 11.3 Å². The molecule has 0 saturated heterocycles. The molecule has 1 amide bonds. The molecule has 0 fully saturated rings. The fourth-order valence-corrected chi connectivity index (χ4v) is 2.87. The van der Waals surface area contributed by atoms with Crippen molar-refractivity contribution in [3.8, 4) is 5.69 Å². The number of nitrogens with zero attached hydrogens (tertiary/aromatic N) is 5. The van der Waals surface area contributed by atoms with Crippen LogP contribution in [0.1, 0.15) is 0 Å². The third-order valence-corrected chi connectivity index (χ3v) is 4.47. The molecule has 2 heterocycles. The number of benzene rings is 2. The Kier molecular flexibility index (Phi) is 4.70. The fourth-order valence-electron chi connectivity index (χ4n) is 2.60.